The summed E-state index contributed by atoms with van der Waals surface area (Å²) in [6.07, 6.45) is 1.73. The molecule has 0 saturated heterocycles. The van der Waals surface area contributed by atoms with Crippen LogP contribution in [0.4, 0.5) is 0 Å². The number of aliphatic hydroxyl groups is 1. The van der Waals surface area contributed by atoms with Gasteiger partial charge in [-0.05, 0) is 13.0 Å². The summed E-state index contributed by atoms with van der Waals surface area (Å²) in [5, 5.41) is 12.3. The van der Waals surface area contributed by atoms with E-state index in [1.807, 2.05) is 13.0 Å². The van der Waals surface area contributed by atoms with Crippen molar-refractivity contribution in [1.82, 2.24) is 9.78 Å². The van der Waals surface area contributed by atoms with E-state index in [1.165, 1.54) is 4.68 Å². The lowest BCUT2D eigenvalue weighted by molar-refractivity contribution is 0.195. The maximum Gasteiger partial charge on any atom is 0.136 e. The van der Waals surface area contributed by atoms with Crippen molar-refractivity contribution in [2.75, 3.05) is 0 Å². The molecule has 0 aliphatic heterocycles. The van der Waals surface area contributed by atoms with Crippen molar-refractivity contribution in [3.63, 3.8) is 0 Å². The summed E-state index contributed by atoms with van der Waals surface area (Å²) in [6, 6.07) is 1.84. The highest BCUT2D eigenvalue weighted by atomic mass is 16.3. The molecule has 1 heterocycles. The molecule has 1 rings (SSSR count). The summed E-state index contributed by atoms with van der Waals surface area (Å²) in [5.74, 6) is 0. The van der Waals surface area contributed by atoms with Crippen molar-refractivity contribution in [3.05, 3.63) is 18.0 Å². The van der Waals surface area contributed by atoms with Gasteiger partial charge in [-0.1, -0.05) is 0 Å². The van der Waals surface area contributed by atoms with Crippen molar-refractivity contribution in [2.24, 2.45) is 0 Å². The van der Waals surface area contributed by atoms with Crippen LogP contribution in [0, 0.1) is 6.92 Å². The number of hydrogen-bond acceptors (Lipinski definition) is 2. The molecule has 3 nitrogen and oxygen atoms in total. The van der Waals surface area contributed by atoms with Crippen LogP contribution in [0.15, 0.2) is 12.3 Å². The molecule has 3 heteroatoms. The first-order valence-electron chi connectivity index (χ1n) is 2.44. The lowest BCUT2D eigenvalue weighted by Crippen LogP contribution is -1.95. The van der Waals surface area contributed by atoms with Gasteiger partial charge in [0.15, 0.2) is 0 Å². The third-order valence-corrected chi connectivity index (χ3v) is 0.919. The Balaban J connectivity index is 2.84. The van der Waals surface area contributed by atoms with Gasteiger partial charge in [0.05, 0.1) is 5.69 Å². The molecule has 0 unspecified atom stereocenters. The third kappa shape index (κ3) is 0.869. The van der Waals surface area contributed by atoms with Crippen LogP contribution >= 0.6 is 0 Å². The zero-order chi connectivity index (χ0) is 5.98. The molecule has 1 aromatic rings. The second-order valence-corrected chi connectivity index (χ2v) is 1.64. The predicted molar refractivity (Wildman–Crippen MR) is 29.2 cm³/mol. The van der Waals surface area contributed by atoms with Gasteiger partial charge in [-0.15, -0.1) is 0 Å². The monoisotopic (exact) mass is 112 g/mol. The van der Waals surface area contributed by atoms with E-state index in [9.17, 15) is 0 Å². The summed E-state index contributed by atoms with van der Waals surface area (Å²) in [7, 11) is 0. The van der Waals surface area contributed by atoms with Gasteiger partial charge >= 0.3 is 0 Å². The lowest BCUT2D eigenvalue weighted by atomic mass is 10.5. The summed E-state index contributed by atoms with van der Waals surface area (Å²) in [4.78, 5) is 0. The molecule has 0 fully saturated rings. The fourth-order valence-electron chi connectivity index (χ4n) is 0.542. The largest absolute Gasteiger partial charge is 0.374 e. The number of aromatic nitrogens is 2. The molecule has 0 spiro atoms. The van der Waals surface area contributed by atoms with Gasteiger partial charge in [0.25, 0.3) is 0 Å². The molecule has 0 radical (unpaired) electrons. The quantitative estimate of drug-likeness (QED) is 0.561. The molecular weight excluding hydrogens is 104 g/mol. The van der Waals surface area contributed by atoms with Crippen LogP contribution in [0.25, 0.3) is 0 Å². The highest BCUT2D eigenvalue weighted by molar-refractivity contribution is 4.94. The number of aliphatic hydroxyl groups excluding tert-OH is 1. The van der Waals surface area contributed by atoms with Gasteiger partial charge in [-0.25, -0.2) is 4.68 Å². The first-order valence-corrected chi connectivity index (χ1v) is 2.44. The van der Waals surface area contributed by atoms with E-state index < -0.39 is 0 Å². The number of aryl methyl sites for hydroxylation is 1. The summed E-state index contributed by atoms with van der Waals surface area (Å²) >= 11 is 0. The maximum absolute atomic E-state index is 8.45. The van der Waals surface area contributed by atoms with E-state index in [2.05, 4.69) is 5.10 Å². The fraction of sp³-hybridized carbons (Fsp3) is 0.400. The van der Waals surface area contributed by atoms with Crippen molar-refractivity contribution in [2.45, 2.75) is 13.7 Å². The first-order chi connectivity index (χ1) is 3.83. The average Bonchev–Trinajstić information content (AvgIpc) is 2.14. The van der Waals surface area contributed by atoms with Crippen molar-refractivity contribution < 1.29 is 5.11 Å². The Hall–Kier alpha value is -0.830. The molecule has 0 atom stereocenters. The second-order valence-electron chi connectivity index (χ2n) is 1.64. The van der Waals surface area contributed by atoms with Crippen LogP contribution in [-0.4, -0.2) is 14.9 Å². The molecule has 0 aliphatic rings. The molecule has 0 aromatic carbocycles. The van der Waals surface area contributed by atoms with E-state index in [0.29, 0.717) is 0 Å². The van der Waals surface area contributed by atoms with Crippen LogP contribution < -0.4 is 0 Å². The van der Waals surface area contributed by atoms with E-state index in [1.54, 1.807) is 6.20 Å². The Morgan fingerprint density at radius 3 is 2.88 bits per heavy atom. The first kappa shape index (κ1) is 5.31. The summed E-state index contributed by atoms with van der Waals surface area (Å²) in [5.41, 5.74) is 0.930. The van der Waals surface area contributed by atoms with Crippen LogP contribution in [0.2, 0.25) is 0 Å². The molecule has 0 aliphatic carbocycles. The standard InChI is InChI=1S/C5H8N2O/c1-5-2-3-7(4-8)6-5/h2-3,8H,4H2,1H3. The molecule has 0 saturated carbocycles. The Morgan fingerprint density at radius 2 is 2.62 bits per heavy atom. The van der Waals surface area contributed by atoms with Crippen LogP contribution in [0.3, 0.4) is 0 Å². The average molecular weight is 112 g/mol. The van der Waals surface area contributed by atoms with Gasteiger partial charge in [0.1, 0.15) is 6.73 Å². The molecule has 44 valence electrons. The van der Waals surface area contributed by atoms with Crippen molar-refractivity contribution in [3.8, 4) is 0 Å². The number of hydrogen-bond donors (Lipinski definition) is 1. The summed E-state index contributed by atoms with van der Waals surface area (Å²) in [6.45, 7) is 1.85. The summed E-state index contributed by atoms with van der Waals surface area (Å²) < 4.78 is 1.47. The highest BCUT2D eigenvalue weighted by Crippen LogP contribution is 1.89. The highest BCUT2D eigenvalue weighted by Gasteiger charge is 1.86. The Labute approximate surface area is 47.6 Å². The fourth-order valence-corrected chi connectivity index (χ4v) is 0.542. The smallest absolute Gasteiger partial charge is 0.136 e. The maximum atomic E-state index is 8.45. The van der Waals surface area contributed by atoms with Crippen molar-refractivity contribution in [1.29, 1.82) is 0 Å². The third-order valence-electron chi connectivity index (χ3n) is 0.919. The zero-order valence-electron chi connectivity index (χ0n) is 4.70. The minimum atomic E-state index is -0.0339. The van der Waals surface area contributed by atoms with Crippen LogP contribution in [0.5, 0.6) is 0 Å². The zero-order valence-corrected chi connectivity index (χ0v) is 4.70. The van der Waals surface area contributed by atoms with E-state index in [-0.39, 0.29) is 6.73 Å². The molecule has 8 heavy (non-hydrogen) atoms. The van der Waals surface area contributed by atoms with Crippen molar-refractivity contribution >= 4 is 0 Å². The second kappa shape index (κ2) is 1.96. The van der Waals surface area contributed by atoms with Crippen LogP contribution in [0.1, 0.15) is 5.69 Å². The Kier molecular flexibility index (Phi) is 1.30. The minimum Gasteiger partial charge on any atom is -0.374 e. The van der Waals surface area contributed by atoms with E-state index in [4.69, 9.17) is 5.11 Å². The molecule has 0 bridgehead atoms. The molecule has 1 N–H and O–H groups in total. The Morgan fingerprint density at radius 1 is 1.88 bits per heavy atom. The Bertz CT molecular complexity index is 171. The molecule has 1 aromatic heterocycles. The van der Waals surface area contributed by atoms with Crippen LogP contribution in [-0.2, 0) is 6.73 Å². The van der Waals surface area contributed by atoms with Gasteiger partial charge in [0, 0.05) is 6.20 Å². The van der Waals surface area contributed by atoms with Gasteiger partial charge in [0.2, 0.25) is 0 Å². The van der Waals surface area contributed by atoms with Gasteiger partial charge in [-0.3, -0.25) is 0 Å². The topological polar surface area (TPSA) is 38.0 Å². The minimum absolute atomic E-state index is 0.0339. The normalized spacial score (nSPS) is 9.75. The van der Waals surface area contributed by atoms with E-state index >= 15 is 0 Å². The number of rotatable bonds is 1. The SMILES string of the molecule is Cc1ccn(CO)n1. The number of nitrogens with zero attached hydrogens (tertiary/aromatic N) is 2. The molecular formula is C5H8N2O. The van der Waals surface area contributed by atoms with E-state index in [0.717, 1.165) is 5.69 Å². The van der Waals surface area contributed by atoms with Gasteiger partial charge < -0.3 is 5.11 Å². The van der Waals surface area contributed by atoms with Gasteiger partial charge in [-0.2, -0.15) is 5.10 Å². The lowest BCUT2D eigenvalue weighted by Gasteiger charge is -1.88. The predicted octanol–water partition coefficient (Wildman–Crippen LogP) is 0.141. The molecule has 0 amide bonds.